The molecule has 1 saturated heterocycles. The number of hydrogen-bond donors (Lipinski definition) is 0. The number of amides is 2. The number of benzene rings is 3. The molecule has 4 rings (SSSR count). The summed E-state index contributed by atoms with van der Waals surface area (Å²) in [5.41, 5.74) is 1.65. The third-order valence-corrected chi connectivity index (χ3v) is 6.25. The van der Waals surface area contributed by atoms with Crippen LogP contribution >= 0.6 is 23.4 Å². The van der Waals surface area contributed by atoms with Crippen LogP contribution in [0.15, 0.2) is 71.6 Å². The van der Waals surface area contributed by atoms with E-state index in [0.29, 0.717) is 23.7 Å². The number of carbonyl (C=O) groups excluding carboxylic acids is 2. The van der Waals surface area contributed by atoms with Gasteiger partial charge in [0.1, 0.15) is 12.4 Å². The molecule has 168 valence electrons. The van der Waals surface area contributed by atoms with E-state index in [4.69, 9.17) is 21.1 Å². The summed E-state index contributed by atoms with van der Waals surface area (Å²) in [7, 11) is 1.53. The lowest BCUT2D eigenvalue weighted by Gasteiger charge is -2.15. The molecule has 1 aliphatic heterocycles. The van der Waals surface area contributed by atoms with Gasteiger partial charge in [-0.2, -0.15) is 0 Å². The van der Waals surface area contributed by atoms with E-state index in [0.717, 1.165) is 22.2 Å². The predicted molar refractivity (Wildman–Crippen MR) is 127 cm³/mol. The zero-order chi connectivity index (χ0) is 23.4. The zero-order valence-corrected chi connectivity index (χ0v) is 19.2. The number of rotatable bonds is 7. The van der Waals surface area contributed by atoms with Gasteiger partial charge in [0.15, 0.2) is 11.5 Å². The van der Waals surface area contributed by atoms with Crippen LogP contribution in [-0.2, 0) is 17.9 Å². The molecule has 3 aromatic rings. The normalized spacial score (nSPS) is 14.8. The molecule has 0 atom stereocenters. The van der Waals surface area contributed by atoms with Gasteiger partial charge in [-0.3, -0.25) is 14.5 Å². The lowest BCUT2D eigenvalue weighted by molar-refractivity contribution is -0.123. The first-order valence-corrected chi connectivity index (χ1v) is 11.2. The van der Waals surface area contributed by atoms with Crippen molar-refractivity contribution in [3.63, 3.8) is 0 Å². The van der Waals surface area contributed by atoms with Crippen molar-refractivity contribution in [2.24, 2.45) is 0 Å². The third kappa shape index (κ3) is 5.05. The zero-order valence-electron chi connectivity index (χ0n) is 17.6. The third-order valence-electron chi connectivity index (χ3n) is 4.99. The second-order valence-corrected chi connectivity index (χ2v) is 8.52. The van der Waals surface area contributed by atoms with E-state index >= 15 is 0 Å². The molecule has 33 heavy (non-hydrogen) atoms. The second-order valence-electron chi connectivity index (χ2n) is 7.12. The lowest BCUT2D eigenvalue weighted by Crippen LogP contribution is -2.28. The van der Waals surface area contributed by atoms with Crippen molar-refractivity contribution in [3.05, 3.63) is 99.2 Å². The largest absolute Gasteiger partial charge is 0.493 e. The van der Waals surface area contributed by atoms with E-state index in [9.17, 15) is 14.0 Å². The molecule has 3 aromatic carbocycles. The Balaban J connectivity index is 1.61. The summed E-state index contributed by atoms with van der Waals surface area (Å²) in [5.74, 6) is -0.152. The molecule has 1 heterocycles. The van der Waals surface area contributed by atoms with E-state index in [1.807, 2.05) is 30.3 Å². The van der Waals surface area contributed by atoms with Gasteiger partial charge in [-0.1, -0.05) is 60.1 Å². The van der Waals surface area contributed by atoms with Crippen molar-refractivity contribution in [2.45, 2.75) is 13.2 Å². The number of carbonyl (C=O) groups is 2. The lowest BCUT2D eigenvalue weighted by atomic mass is 10.1. The molecule has 8 heteroatoms. The van der Waals surface area contributed by atoms with Gasteiger partial charge in [-0.15, -0.1) is 0 Å². The first-order chi connectivity index (χ1) is 16.0. The molecule has 0 N–H and O–H groups in total. The fraction of sp³-hybridized carbons (Fsp3) is 0.120. The summed E-state index contributed by atoms with van der Waals surface area (Å²) in [5, 5.41) is -0.345. The fourth-order valence-electron chi connectivity index (χ4n) is 3.31. The van der Waals surface area contributed by atoms with Gasteiger partial charge in [0.05, 0.1) is 18.6 Å². The van der Waals surface area contributed by atoms with Gasteiger partial charge in [0.25, 0.3) is 11.1 Å². The number of halogens is 2. The van der Waals surface area contributed by atoms with Crippen LogP contribution in [0.5, 0.6) is 11.5 Å². The van der Waals surface area contributed by atoms with E-state index in [2.05, 4.69) is 0 Å². The molecular formula is C25H19ClFNO4S. The Morgan fingerprint density at radius 1 is 1.03 bits per heavy atom. The summed E-state index contributed by atoms with van der Waals surface area (Å²) < 4.78 is 25.6. The first kappa shape index (κ1) is 22.9. The van der Waals surface area contributed by atoms with Crippen molar-refractivity contribution in [3.8, 4) is 11.5 Å². The molecule has 1 aliphatic rings. The van der Waals surface area contributed by atoms with Crippen LogP contribution in [0.3, 0.4) is 0 Å². The molecule has 0 saturated carbocycles. The number of imide groups is 1. The van der Waals surface area contributed by atoms with Crippen LogP contribution in [-0.4, -0.2) is 23.2 Å². The number of hydrogen-bond acceptors (Lipinski definition) is 5. The van der Waals surface area contributed by atoms with E-state index in [-0.39, 0.29) is 22.0 Å². The number of ether oxygens (including phenoxy) is 2. The topological polar surface area (TPSA) is 55.8 Å². The number of para-hydroxylation sites is 1. The summed E-state index contributed by atoms with van der Waals surface area (Å²) in [6.45, 7) is 0.0539. The van der Waals surface area contributed by atoms with Crippen molar-refractivity contribution in [1.82, 2.24) is 4.90 Å². The predicted octanol–water partition coefficient (Wildman–Crippen LogP) is 6.30. The van der Waals surface area contributed by atoms with E-state index in [1.54, 1.807) is 24.3 Å². The molecular weight excluding hydrogens is 465 g/mol. The van der Waals surface area contributed by atoms with Gasteiger partial charge >= 0.3 is 0 Å². The van der Waals surface area contributed by atoms with Crippen LogP contribution in [0.2, 0.25) is 5.02 Å². The van der Waals surface area contributed by atoms with Gasteiger partial charge in [0, 0.05) is 16.1 Å². The van der Waals surface area contributed by atoms with Crippen LogP contribution in [0.4, 0.5) is 9.18 Å². The van der Waals surface area contributed by atoms with Gasteiger partial charge in [-0.25, -0.2) is 4.39 Å². The number of thioether (sulfide) groups is 1. The highest BCUT2D eigenvalue weighted by Gasteiger charge is 2.36. The Bertz CT molecular complexity index is 1210. The average molecular weight is 484 g/mol. The Hall–Kier alpha value is -3.29. The minimum atomic E-state index is -0.574. The maximum Gasteiger partial charge on any atom is 0.293 e. The van der Waals surface area contributed by atoms with Crippen LogP contribution < -0.4 is 9.47 Å². The summed E-state index contributed by atoms with van der Waals surface area (Å²) in [4.78, 5) is 26.7. The minimum Gasteiger partial charge on any atom is -0.493 e. The molecule has 5 nitrogen and oxygen atoms in total. The molecule has 1 fully saturated rings. The SMILES string of the molecule is COc1cccc(/C=C2\SC(=O)N(Cc3c(F)cccc3Cl)C2=O)c1OCc1ccccc1. The molecule has 0 unspecified atom stereocenters. The molecule has 2 amide bonds. The van der Waals surface area contributed by atoms with Crippen LogP contribution in [0.25, 0.3) is 6.08 Å². The van der Waals surface area contributed by atoms with Gasteiger partial charge in [0.2, 0.25) is 0 Å². The maximum absolute atomic E-state index is 14.2. The number of methoxy groups -OCH3 is 1. The first-order valence-electron chi connectivity index (χ1n) is 10.00. The minimum absolute atomic E-state index is 0.0935. The maximum atomic E-state index is 14.2. The fourth-order valence-corrected chi connectivity index (χ4v) is 4.36. The molecule has 0 radical (unpaired) electrons. The quantitative estimate of drug-likeness (QED) is 0.369. The van der Waals surface area contributed by atoms with Crippen molar-refractivity contribution in [1.29, 1.82) is 0 Å². The smallest absolute Gasteiger partial charge is 0.293 e. The van der Waals surface area contributed by atoms with Crippen molar-refractivity contribution in [2.75, 3.05) is 7.11 Å². The van der Waals surface area contributed by atoms with E-state index < -0.39 is 17.0 Å². The monoisotopic (exact) mass is 483 g/mol. The molecule has 0 aliphatic carbocycles. The van der Waals surface area contributed by atoms with Crippen LogP contribution in [0.1, 0.15) is 16.7 Å². The summed E-state index contributed by atoms with van der Waals surface area (Å²) >= 11 is 6.85. The highest BCUT2D eigenvalue weighted by Crippen LogP contribution is 2.38. The Morgan fingerprint density at radius 3 is 2.52 bits per heavy atom. The molecule has 0 spiro atoms. The average Bonchev–Trinajstić information content (AvgIpc) is 3.08. The van der Waals surface area contributed by atoms with Gasteiger partial charge < -0.3 is 9.47 Å². The van der Waals surface area contributed by atoms with Crippen molar-refractivity contribution < 1.29 is 23.5 Å². The summed E-state index contributed by atoms with van der Waals surface area (Å²) in [6, 6.07) is 19.1. The number of nitrogens with zero attached hydrogens (tertiary/aromatic N) is 1. The Kier molecular flexibility index (Phi) is 7.01. The second kappa shape index (κ2) is 10.1. The highest BCUT2D eigenvalue weighted by atomic mass is 35.5. The van der Waals surface area contributed by atoms with Gasteiger partial charge in [-0.05, 0) is 41.6 Å². The standard InChI is InChI=1S/C25H19ClFNO4S/c1-31-21-12-5-9-17(23(21)32-15-16-7-3-2-4-8-16)13-22-24(29)28(25(30)33-22)14-18-19(26)10-6-11-20(18)27/h2-13H,14-15H2,1H3/b22-13-. The van der Waals surface area contributed by atoms with Crippen molar-refractivity contribution >= 4 is 40.6 Å². The summed E-state index contributed by atoms with van der Waals surface area (Å²) in [6.07, 6.45) is 1.58. The van der Waals surface area contributed by atoms with Crippen LogP contribution in [0, 0.1) is 5.82 Å². The Labute approximate surface area is 199 Å². The highest BCUT2D eigenvalue weighted by molar-refractivity contribution is 8.18. The molecule has 0 aromatic heterocycles. The Morgan fingerprint density at radius 2 is 1.79 bits per heavy atom. The van der Waals surface area contributed by atoms with E-state index in [1.165, 1.54) is 25.3 Å². The molecule has 0 bridgehead atoms.